The number of carbonyl (C=O) groups excluding carboxylic acids is 1. The molecule has 1 aliphatic rings. The van der Waals surface area contributed by atoms with E-state index in [1.807, 2.05) is 26.0 Å². The zero-order chi connectivity index (χ0) is 12.7. The fraction of sp³-hybridized carbons (Fsp3) is 0.143. The van der Waals surface area contributed by atoms with Crippen LogP contribution in [0.25, 0.3) is 11.6 Å². The van der Waals surface area contributed by atoms with Gasteiger partial charge in [0, 0.05) is 11.3 Å². The molecule has 4 heteroatoms. The molecular formula is C14H13N3O. The van der Waals surface area contributed by atoms with Gasteiger partial charge in [-0.2, -0.15) is 0 Å². The number of imidazole rings is 1. The fourth-order valence-electron chi connectivity index (χ4n) is 2.37. The standard InChI is InChI=1S/C14H13N3O/c1-8-3-9(2)13-11(5-10-6-15-7-16-10)14(18)17-12(13)4-8/h3-7H,1-2H3,(H,15,16)(H,17,18)/b11-5-. The Kier molecular flexibility index (Phi) is 2.30. The Balaban J connectivity index is 2.18. The number of amides is 1. The first-order valence-electron chi connectivity index (χ1n) is 5.78. The summed E-state index contributed by atoms with van der Waals surface area (Å²) < 4.78 is 0. The maximum atomic E-state index is 12.0. The van der Waals surface area contributed by atoms with E-state index in [1.54, 1.807) is 12.5 Å². The van der Waals surface area contributed by atoms with Crippen molar-refractivity contribution in [2.24, 2.45) is 0 Å². The zero-order valence-corrected chi connectivity index (χ0v) is 10.2. The molecule has 90 valence electrons. The Bertz CT molecular complexity index is 654. The minimum atomic E-state index is -0.0618. The van der Waals surface area contributed by atoms with Gasteiger partial charge in [0.1, 0.15) is 0 Å². The molecule has 4 nitrogen and oxygen atoms in total. The summed E-state index contributed by atoms with van der Waals surface area (Å²) in [6, 6.07) is 4.08. The van der Waals surface area contributed by atoms with Crippen molar-refractivity contribution in [2.75, 3.05) is 5.32 Å². The van der Waals surface area contributed by atoms with E-state index < -0.39 is 0 Å². The van der Waals surface area contributed by atoms with Gasteiger partial charge in [-0.1, -0.05) is 6.07 Å². The number of rotatable bonds is 1. The van der Waals surface area contributed by atoms with E-state index in [9.17, 15) is 4.79 Å². The molecule has 0 aliphatic carbocycles. The molecular weight excluding hydrogens is 226 g/mol. The fourth-order valence-corrected chi connectivity index (χ4v) is 2.37. The Hall–Kier alpha value is -2.36. The third-order valence-electron chi connectivity index (χ3n) is 3.06. The maximum absolute atomic E-state index is 12.0. The van der Waals surface area contributed by atoms with Crippen molar-refractivity contribution in [3.05, 3.63) is 47.0 Å². The number of anilines is 1. The molecule has 1 amide bonds. The maximum Gasteiger partial charge on any atom is 0.256 e. The highest BCUT2D eigenvalue weighted by molar-refractivity contribution is 6.35. The number of hydrogen-bond acceptors (Lipinski definition) is 2. The molecule has 2 N–H and O–H groups in total. The second kappa shape index (κ2) is 3.84. The smallest absolute Gasteiger partial charge is 0.256 e. The summed E-state index contributed by atoms with van der Waals surface area (Å²) in [5, 5.41) is 2.90. The number of H-pyrrole nitrogens is 1. The lowest BCUT2D eigenvalue weighted by molar-refractivity contribution is -0.110. The Morgan fingerprint density at radius 3 is 2.83 bits per heavy atom. The van der Waals surface area contributed by atoms with Gasteiger partial charge in [-0.3, -0.25) is 4.79 Å². The summed E-state index contributed by atoms with van der Waals surface area (Å²) in [6.45, 7) is 4.04. The molecule has 1 aromatic heterocycles. The van der Waals surface area contributed by atoms with Gasteiger partial charge >= 0.3 is 0 Å². The quantitative estimate of drug-likeness (QED) is 0.751. The van der Waals surface area contributed by atoms with Gasteiger partial charge in [-0.05, 0) is 37.1 Å². The van der Waals surface area contributed by atoms with Gasteiger partial charge in [-0.15, -0.1) is 0 Å². The van der Waals surface area contributed by atoms with Crippen LogP contribution in [0.15, 0.2) is 24.7 Å². The van der Waals surface area contributed by atoms with Crippen LogP contribution in [0.3, 0.4) is 0 Å². The van der Waals surface area contributed by atoms with Crippen LogP contribution < -0.4 is 5.32 Å². The van der Waals surface area contributed by atoms with Crippen molar-refractivity contribution in [3.8, 4) is 0 Å². The molecule has 0 fully saturated rings. The normalized spacial score (nSPS) is 15.9. The number of aromatic nitrogens is 2. The Morgan fingerprint density at radius 1 is 1.28 bits per heavy atom. The van der Waals surface area contributed by atoms with E-state index in [4.69, 9.17) is 0 Å². The predicted molar refractivity (Wildman–Crippen MR) is 71.0 cm³/mol. The number of benzene rings is 1. The molecule has 2 heterocycles. The summed E-state index contributed by atoms with van der Waals surface area (Å²) in [7, 11) is 0. The molecule has 2 aromatic rings. The van der Waals surface area contributed by atoms with Crippen LogP contribution in [0.1, 0.15) is 22.4 Å². The zero-order valence-electron chi connectivity index (χ0n) is 10.2. The minimum Gasteiger partial charge on any atom is -0.345 e. The molecule has 0 unspecified atom stereocenters. The van der Waals surface area contributed by atoms with Crippen molar-refractivity contribution in [2.45, 2.75) is 13.8 Å². The highest BCUT2D eigenvalue weighted by atomic mass is 16.2. The van der Waals surface area contributed by atoms with Crippen LogP contribution in [0.2, 0.25) is 0 Å². The number of aryl methyl sites for hydroxylation is 2. The number of carbonyl (C=O) groups is 1. The SMILES string of the molecule is Cc1cc(C)c2c(c1)NC(=O)/C2=C\c1cnc[nH]1. The lowest BCUT2D eigenvalue weighted by atomic mass is 9.99. The second-order valence-electron chi connectivity index (χ2n) is 4.52. The molecule has 0 bridgehead atoms. The van der Waals surface area contributed by atoms with E-state index in [2.05, 4.69) is 21.4 Å². The minimum absolute atomic E-state index is 0.0618. The van der Waals surface area contributed by atoms with Gasteiger partial charge in [0.15, 0.2) is 0 Å². The van der Waals surface area contributed by atoms with Crippen molar-refractivity contribution in [3.63, 3.8) is 0 Å². The lowest BCUT2D eigenvalue weighted by Crippen LogP contribution is -2.03. The molecule has 18 heavy (non-hydrogen) atoms. The van der Waals surface area contributed by atoms with Gasteiger partial charge in [0.2, 0.25) is 0 Å². The Labute approximate surface area is 105 Å². The average Bonchev–Trinajstić information content (AvgIpc) is 2.88. The number of aromatic amines is 1. The molecule has 0 saturated heterocycles. The average molecular weight is 239 g/mol. The first-order valence-corrected chi connectivity index (χ1v) is 5.78. The summed E-state index contributed by atoms with van der Waals surface area (Å²) in [6.07, 6.45) is 5.13. The predicted octanol–water partition coefficient (Wildman–Crippen LogP) is 2.52. The first kappa shape index (κ1) is 10.8. The Morgan fingerprint density at radius 2 is 2.11 bits per heavy atom. The molecule has 0 spiro atoms. The van der Waals surface area contributed by atoms with Crippen LogP contribution in [0, 0.1) is 13.8 Å². The van der Waals surface area contributed by atoms with E-state index in [1.165, 1.54) is 0 Å². The summed E-state index contributed by atoms with van der Waals surface area (Å²) in [5.74, 6) is -0.0618. The largest absolute Gasteiger partial charge is 0.345 e. The van der Waals surface area contributed by atoms with E-state index in [-0.39, 0.29) is 5.91 Å². The monoisotopic (exact) mass is 239 g/mol. The van der Waals surface area contributed by atoms with E-state index >= 15 is 0 Å². The lowest BCUT2D eigenvalue weighted by Gasteiger charge is -2.05. The molecule has 0 atom stereocenters. The first-order chi connectivity index (χ1) is 8.65. The third kappa shape index (κ3) is 1.62. The summed E-state index contributed by atoms with van der Waals surface area (Å²) >= 11 is 0. The van der Waals surface area contributed by atoms with Gasteiger partial charge in [0.25, 0.3) is 5.91 Å². The summed E-state index contributed by atoms with van der Waals surface area (Å²) in [5.41, 5.74) is 5.65. The van der Waals surface area contributed by atoms with Gasteiger partial charge < -0.3 is 10.3 Å². The van der Waals surface area contributed by atoms with Crippen molar-refractivity contribution in [1.82, 2.24) is 9.97 Å². The second-order valence-corrected chi connectivity index (χ2v) is 4.52. The molecule has 1 aromatic carbocycles. The number of fused-ring (bicyclic) bond motifs is 1. The van der Waals surface area contributed by atoms with Crippen LogP contribution in [-0.4, -0.2) is 15.9 Å². The van der Waals surface area contributed by atoms with Gasteiger partial charge in [0.05, 0.1) is 23.8 Å². The van der Waals surface area contributed by atoms with Crippen LogP contribution in [0.4, 0.5) is 5.69 Å². The molecule has 3 rings (SSSR count). The number of nitrogens with one attached hydrogen (secondary N) is 2. The highest BCUT2D eigenvalue weighted by Gasteiger charge is 2.26. The number of hydrogen-bond donors (Lipinski definition) is 2. The third-order valence-corrected chi connectivity index (χ3v) is 3.06. The topological polar surface area (TPSA) is 57.8 Å². The van der Waals surface area contributed by atoms with Gasteiger partial charge in [-0.25, -0.2) is 4.98 Å². The van der Waals surface area contributed by atoms with Crippen LogP contribution in [0.5, 0.6) is 0 Å². The van der Waals surface area contributed by atoms with Crippen molar-refractivity contribution in [1.29, 1.82) is 0 Å². The summed E-state index contributed by atoms with van der Waals surface area (Å²) in [4.78, 5) is 18.9. The number of nitrogens with zero attached hydrogens (tertiary/aromatic N) is 1. The van der Waals surface area contributed by atoms with Crippen molar-refractivity contribution < 1.29 is 4.79 Å². The highest BCUT2D eigenvalue weighted by Crippen LogP contribution is 2.36. The molecule has 1 aliphatic heterocycles. The molecule has 0 radical (unpaired) electrons. The van der Waals surface area contributed by atoms with Crippen LogP contribution in [-0.2, 0) is 4.79 Å². The molecule has 0 saturated carbocycles. The van der Waals surface area contributed by atoms with Crippen molar-refractivity contribution >= 4 is 23.2 Å². The van der Waals surface area contributed by atoms with E-state index in [0.717, 1.165) is 28.1 Å². The van der Waals surface area contributed by atoms with E-state index in [0.29, 0.717) is 5.57 Å². The van der Waals surface area contributed by atoms with Crippen LogP contribution >= 0.6 is 0 Å².